The molecular formula is C25H21NO4. The summed E-state index contributed by atoms with van der Waals surface area (Å²) in [6.07, 6.45) is 1.92. The number of nitrogens with zero attached hydrogens (tertiary/aromatic N) is 1. The summed E-state index contributed by atoms with van der Waals surface area (Å²) in [6.45, 7) is 0. The van der Waals surface area contributed by atoms with Gasteiger partial charge in [0.15, 0.2) is 11.5 Å². The molecule has 0 atom stereocenters. The lowest BCUT2D eigenvalue weighted by Gasteiger charge is -2.10. The van der Waals surface area contributed by atoms with Crippen LogP contribution in [0.15, 0.2) is 72.8 Å². The molecule has 0 saturated carbocycles. The zero-order valence-electron chi connectivity index (χ0n) is 16.8. The van der Waals surface area contributed by atoms with E-state index in [1.54, 1.807) is 43.5 Å². The van der Waals surface area contributed by atoms with Crippen LogP contribution in [0.3, 0.4) is 0 Å². The van der Waals surface area contributed by atoms with Gasteiger partial charge in [-0.25, -0.2) is 0 Å². The van der Waals surface area contributed by atoms with Crippen molar-refractivity contribution in [2.24, 2.45) is 0 Å². The number of nitriles is 1. The summed E-state index contributed by atoms with van der Waals surface area (Å²) in [5, 5.41) is 9.56. The second-order valence-corrected chi connectivity index (χ2v) is 6.45. The highest BCUT2D eigenvalue weighted by molar-refractivity contribution is 5.90. The number of carbonyl (C=O) groups excluding carboxylic acids is 1. The van der Waals surface area contributed by atoms with Gasteiger partial charge in [0.2, 0.25) is 0 Å². The molecular weight excluding hydrogens is 378 g/mol. The molecule has 0 aliphatic heterocycles. The summed E-state index contributed by atoms with van der Waals surface area (Å²) >= 11 is 0. The number of carbonyl (C=O) groups is 1. The highest BCUT2D eigenvalue weighted by Gasteiger charge is 2.12. The van der Waals surface area contributed by atoms with E-state index in [0.717, 1.165) is 22.4 Å². The Kier molecular flexibility index (Phi) is 6.86. The van der Waals surface area contributed by atoms with Crippen LogP contribution in [0, 0.1) is 11.3 Å². The number of allylic oxidation sites excluding steroid dienone is 1. The van der Waals surface area contributed by atoms with Crippen molar-refractivity contribution in [2.45, 2.75) is 6.42 Å². The van der Waals surface area contributed by atoms with E-state index in [1.165, 1.54) is 7.11 Å². The molecule has 0 spiro atoms. The van der Waals surface area contributed by atoms with Crippen LogP contribution < -0.4 is 14.2 Å². The standard InChI is InChI=1S/C25H21NO4/c1-28-22-11-9-20(10-12-22)21(17-26)14-19-8-13-23(24(15-19)29-2)30-25(27)16-18-6-4-3-5-7-18/h3-15H,16H2,1-2H3/b21-14-. The minimum absolute atomic E-state index is 0.168. The molecule has 0 N–H and O–H groups in total. The van der Waals surface area contributed by atoms with Gasteiger partial charge >= 0.3 is 5.97 Å². The van der Waals surface area contributed by atoms with E-state index >= 15 is 0 Å². The first-order valence-electron chi connectivity index (χ1n) is 9.32. The van der Waals surface area contributed by atoms with Crippen molar-refractivity contribution >= 4 is 17.6 Å². The predicted molar refractivity (Wildman–Crippen MR) is 115 cm³/mol. The fraction of sp³-hybridized carbons (Fsp3) is 0.120. The van der Waals surface area contributed by atoms with Gasteiger partial charge in [0.25, 0.3) is 0 Å². The van der Waals surface area contributed by atoms with Gasteiger partial charge in [0, 0.05) is 0 Å². The monoisotopic (exact) mass is 399 g/mol. The van der Waals surface area contributed by atoms with E-state index < -0.39 is 0 Å². The van der Waals surface area contributed by atoms with Crippen molar-refractivity contribution < 1.29 is 19.0 Å². The van der Waals surface area contributed by atoms with Gasteiger partial charge in [-0.2, -0.15) is 5.26 Å². The third-order valence-corrected chi connectivity index (χ3v) is 4.44. The molecule has 5 nitrogen and oxygen atoms in total. The zero-order chi connectivity index (χ0) is 21.3. The zero-order valence-corrected chi connectivity index (χ0v) is 16.8. The van der Waals surface area contributed by atoms with Crippen molar-refractivity contribution in [3.05, 3.63) is 89.5 Å². The predicted octanol–water partition coefficient (Wildman–Crippen LogP) is 4.92. The first-order chi connectivity index (χ1) is 14.6. The molecule has 0 unspecified atom stereocenters. The van der Waals surface area contributed by atoms with E-state index in [9.17, 15) is 10.1 Å². The Morgan fingerprint density at radius 1 is 0.933 bits per heavy atom. The third kappa shape index (κ3) is 5.27. The van der Waals surface area contributed by atoms with E-state index in [2.05, 4.69) is 6.07 Å². The van der Waals surface area contributed by atoms with Gasteiger partial charge in [-0.15, -0.1) is 0 Å². The van der Waals surface area contributed by atoms with Gasteiger partial charge in [-0.1, -0.05) is 36.4 Å². The number of benzene rings is 3. The topological polar surface area (TPSA) is 68.5 Å². The van der Waals surface area contributed by atoms with Crippen LogP contribution in [0.1, 0.15) is 16.7 Å². The Morgan fingerprint density at radius 2 is 1.67 bits per heavy atom. The molecule has 3 aromatic carbocycles. The maximum absolute atomic E-state index is 12.3. The number of hydrogen-bond donors (Lipinski definition) is 0. The maximum Gasteiger partial charge on any atom is 0.315 e. The summed E-state index contributed by atoms with van der Waals surface area (Å²) in [4.78, 5) is 12.3. The molecule has 3 aromatic rings. The van der Waals surface area contributed by atoms with E-state index in [1.807, 2.05) is 42.5 Å². The van der Waals surface area contributed by atoms with Crippen LogP contribution in [-0.4, -0.2) is 20.2 Å². The first kappa shape index (κ1) is 20.7. The van der Waals surface area contributed by atoms with E-state index in [-0.39, 0.29) is 12.4 Å². The Bertz CT molecular complexity index is 1080. The fourth-order valence-corrected chi connectivity index (χ4v) is 2.90. The minimum Gasteiger partial charge on any atom is -0.497 e. The molecule has 0 fully saturated rings. The lowest BCUT2D eigenvalue weighted by Crippen LogP contribution is -2.11. The summed E-state index contributed by atoms with van der Waals surface area (Å²) in [6, 6.07) is 24.0. The average Bonchev–Trinajstić information content (AvgIpc) is 2.79. The van der Waals surface area contributed by atoms with Gasteiger partial charge in [-0.3, -0.25) is 4.79 Å². The van der Waals surface area contributed by atoms with Crippen LogP contribution in [0.25, 0.3) is 11.6 Å². The van der Waals surface area contributed by atoms with Crippen molar-refractivity contribution in [3.8, 4) is 23.3 Å². The van der Waals surface area contributed by atoms with Crippen LogP contribution >= 0.6 is 0 Å². The molecule has 0 amide bonds. The molecule has 150 valence electrons. The van der Waals surface area contributed by atoms with Crippen LogP contribution in [0.2, 0.25) is 0 Å². The number of esters is 1. The van der Waals surface area contributed by atoms with Crippen molar-refractivity contribution in [1.82, 2.24) is 0 Å². The highest BCUT2D eigenvalue weighted by Crippen LogP contribution is 2.30. The Morgan fingerprint density at radius 3 is 2.30 bits per heavy atom. The average molecular weight is 399 g/mol. The molecule has 0 aliphatic rings. The molecule has 0 saturated heterocycles. The summed E-state index contributed by atoms with van der Waals surface area (Å²) in [7, 11) is 3.10. The van der Waals surface area contributed by atoms with Crippen LogP contribution in [-0.2, 0) is 11.2 Å². The van der Waals surface area contributed by atoms with E-state index in [4.69, 9.17) is 14.2 Å². The van der Waals surface area contributed by atoms with Crippen molar-refractivity contribution in [3.63, 3.8) is 0 Å². The maximum atomic E-state index is 12.3. The Labute approximate surface area is 175 Å². The lowest BCUT2D eigenvalue weighted by molar-refractivity contribution is -0.133. The second kappa shape index (κ2) is 9.94. The number of hydrogen-bond acceptors (Lipinski definition) is 5. The first-order valence-corrected chi connectivity index (χ1v) is 9.32. The molecule has 3 rings (SSSR count). The van der Waals surface area contributed by atoms with Gasteiger partial charge < -0.3 is 14.2 Å². The van der Waals surface area contributed by atoms with Gasteiger partial charge in [0.05, 0.1) is 32.3 Å². The number of ether oxygens (including phenoxy) is 3. The van der Waals surface area contributed by atoms with Gasteiger partial charge in [-0.05, 0) is 59.2 Å². The van der Waals surface area contributed by atoms with Gasteiger partial charge in [0.1, 0.15) is 5.75 Å². The summed E-state index contributed by atoms with van der Waals surface area (Å²) in [5.41, 5.74) is 2.89. The normalized spacial score (nSPS) is 10.8. The molecule has 0 radical (unpaired) electrons. The number of rotatable bonds is 7. The third-order valence-electron chi connectivity index (χ3n) is 4.44. The van der Waals surface area contributed by atoms with Crippen molar-refractivity contribution in [1.29, 1.82) is 5.26 Å². The molecule has 0 bridgehead atoms. The minimum atomic E-state index is -0.376. The lowest BCUT2D eigenvalue weighted by atomic mass is 10.0. The summed E-state index contributed by atoms with van der Waals surface area (Å²) < 4.78 is 16.0. The molecule has 0 aromatic heterocycles. The summed E-state index contributed by atoms with van der Waals surface area (Å²) in [5.74, 6) is 1.09. The highest BCUT2D eigenvalue weighted by atomic mass is 16.6. The van der Waals surface area contributed by atoms with E-state index in [0.29, 0.717) is 17.1 Å². The second-order valence-electron chi connectivity index (χ2n) is 6.45. The molecule has 0 aliphatic carbocycles. The molecule has 0 heterocycles. The van der Waals surface area contributed by atoms with Crippen molar-refractivity contribution in [2.75, 3.05) is 14.2 Å². The SMILES string of the molecule is COc1ccc(/C(C#N)=C\c2ccc(OC(=O)Cc3ccccc3)c(OC)c2)cc1. The Balaban J connectivity index is 1.79. The molecule has 5 heteroatoms. The fourth-order valence-electron chi connectivity index (χ4n) is 2.90. The quantitative estimate of drug-likeness (QED) is 0.244. The number of methoxy groups -OCH3 is 2. The largest absolute Gasteiger partial charge is 0.497 e. The molecule has 30 heavy (non-hydrogen) atoms. The smallest absolute Gasteiger partial charge is 0.315 e. The van der Waals surface area contributed by atoms with Crippen LogP contribution in [0.5, 0.6) is 17.2 Å². The Hall–Kier alpha value is -4.04. The van der Waals surface area contributed by atoms with Crippen LogP contribution in [0.4, 0.5) is 0 Å².